The number of amides is 2. The molecule has 1 aliphatic heterocycles. The Bertz CT molecular complexity index is 330. The molecule has 1 fully saturated rings. The van der Waals surface area contributed by atoms with Crippen molar-refractivity contribution < 1.29 is 14.7 Å². The van der Waals surface area contributed by atoms with Crippen molar-refractivity contribution in [2.45, 2.75) is 51.6 Å². The molecule has 0 aromatic rings. The van der Waals surface area contributed by atoms with Gasteiger partial charge in [-0.1, -0.05) is 13.3 Å². The molecule has 2 atom stereocenters. The fourth-order valence-corrected chi connectivity index (χ4v) is 2.60. The van der Waals surface area contributed by atoms with E-state index in [-0.39, 0.29) is 12.1 Å². The minimum Gasteiger partial charge on any atom is -0.480 e. The number of piperidine rings is 1. The molecule has 0 aromatic carbocycles. The summed E-state index contributed by atoms with van der Waals surface area (Å²) in [6.45, 7) is 6.58. The van der Waals surface area contributed by atoms with Gasteiger partial charge in [0.05, 0.1) is 0 Å². The van der Waals surface area contributed by atoms with Crippen LogP contribution in [0.3, 0.4) is 0 Å². The number of rotatable bonds is 6. The quantitative estimate of drug-likeness (QED) is 0.773. The highest BCUT2D eigenvalue weighted by atomic mass is 16.4. The largest absolute Gasteiger partial charge is 0.480 e. The number of hydrogen-bond donors (Lipinski definition) is 2. The van der Waals surface area contributed by atoms with Gasteiger partial charge in [0.1, 0.15) is 6.04 Å². The number of likely N-dealkylation sites (N-methyl/N-ethyl adjacent to an activating group) is 1. The SMILES string of the molecule is CCC(C(=O)O)N(C)C(=O)NCC(C)N1CCCCC1. The van der Waals surface area contributed by atoms with Crippen molar-refractivity contribution in [1.82, 2.24) is 15.1 Å². The van der Waals surface area contributed by atoms with Gasteiger partial charge in [-0.25, -0.2) is 9.59 Å². The molecule has 2 N–H and O–H groups in total. The number of likely N-dealkylation sites (tertiary alicyclic amines) is 1. The molecule has 0 spiro atoms. The highest BCUT2D eigenvalue weighted by molar-refractivity contribution is 5.82. The van der Waals surface area contributed by atoms with Crippen LogP contribution in [0.15, 0.2) is 0 Å². The monoisotopic (exact) mass is 285 g/mol. The van der Waals surface area contributed by atoms with Gasteiger partial charge in [-0.3, -0.25) is 4.90 Å². The molecule has 20 heavy (non-hydrogen) atoms. The number of hydrogen-bond acceptors (Lipinski definition) is 3. The molecule has 2 amide bonds. The molecule has 0 saturated carbocycles. The summed E-state index contributed by atoms with van der Waals surface area (Å²) in [5.41, 5.74) is 0. The highest BCUT2D eigenvalue weighted by Crippen LogP contribution is 2.11. The molecule has 1 saturated heterocycles. The number of carboxylic acid groups (broad SMARTS) is 1. The Morgan fingerprint density at radius 2 is 1.90 bits per heavy atom. The van der Waals surface area contributed by atoms with Crippen LogP contribution >= 0.6 is 0 Å². The van der Waals surface area contributed by atoms with E-state index in [1.807, 2.05) is 0 Å². The Balaban J connectivity index is 2.39. The van der Waals surface area contributed by atoms with Crippen LogP contribution in [0.25, 0.3) is 0 Å². The smallest absolute Gasteiger partial charge is 0.326 e. The zero-order chi connectivity index (χ0) is 15.1. The molecule has 1 heterocycles. The molecule has 0 bridgehead atoms. The maximum Gasteiger partial charge on any atom is 0.326 e. The van der Waals surface area contributed by atoms with E-state index in [9.17, 15) is 9.59 Å². The Morgan fingerprint density at radius 1 is 1.30 bits per heavy atom. The second kappa shape index (κ2) is 8.09. The molecule has 0 radical (unpaired) electrons. The molecule has 1 aliphatic rings. The van der Waals surface area contributed by atoms with Crippen molar-refractivity contribution in [2.75, 3.05) is 26.7 Å². The van der Waals surface area contributed by atoms with Crippen molar-refractivity contribution in [3.63, 3.8) is 0 Å². The molecule has 6 nitrogen and oxygen atoms in total. The first-order chi connectivity index (χ1) is 9.47. The van der Waals surface area contributed by atoms with Crippen LogP contribution in [-0.4, -0.2) is 65.7 Å². The number of carbonyl (C=O) groups excluding carboxylic acids is 1. The van der Waals surface area contributed by atoms with E-state index in [0.717, 1.165) is 13.1 Å². The van der Waals surface area contributed by atoms with Gasteiger partial charge >= 0.3 is 12.0 Å². The van der Waals surface area contributed by atoms with Gasteiger partial charge in [-0.05, 0) is 39.3 Å². The van der Waals surface area contributed by atoms with Crippen LogP contribution in [-0.2, 0) is 4.79 Å². The van der Waals surface area contributed by atoms with E-state index in [0.29, 0.717) is 13.0 Å². The first kappa shape index (κ1) is 16.8. The van der Waals surface area contributed by atoms with E-state index in [1.165, 1.54) is 31.2 Å². The number of nitrogens with one attached hydrogen (secondary N) is 1. The van der Waals surface area contributed by atoms with Crippen molar-refractivity contribution in [3.05, 3.63) is 0 Å². The van der Waals surface area contributed by atoms with Crippen LogP contribution in [0.4, 0.5) is 4.79 Å². The molecule has 0 aromatic heterocycles. The Morgan fingerprint density at radius 3 is 2.40 bits per heavy atom. The molecular weight excluding hydrogens is 258 g/mol. The zero-order valence-corrected chi connectivity index (χ0v) is 12.8. The molecule has 116 valence electrons. The third-order valence-corrected chi connectivity index (χ3v) is 4.02. The summed E-state index contributed by atoms with van der Waals surface area (Å²) in [6.07, 6.45) is 4.13. The predicted molar refractivity (Wildman–Crippen MR) is 77.8 cm³/mol. The topological polar surface area (TPSA) is 72.9 Å². The van der Waals surface area contributed by atoms with Crippen LogP contribution in [0.2, 0.25) is 0 Å². The number of aliphatic carboxylic acids is 1. The number of carbonyl (C=O) groups is 2. The summed E-state index contributed by atoms with van der Waals surface area (Å²) < 4.78 is 0. The summed E-state index contributed by atoms with van der Waals surface area (Å²) in [7, 11) is 1.53. The minimum absolute atomic E-state index is 0.289. The third-order valence-electron chi connectivity index (χ3n) is 4.02. The standard InChI is InChI=1S/C14H27N3O3/c1-4-12(13(18)19)16(3)14(20)15-10-11(2)17-8-6-5-7-9-17/h11-12H,4-10H2,1-3H3,(H,15,20)(H,18,19). The van der Waals surface area contributed by atoms with Crippen molar-refractivity contribution in [1.29, 1.82) is 0 Å². The van der Waals surface area contributed by atoms with Crippen LogP contribution in [0.1, 0.15) is 39.5 Å². The minimum atomic E-state index is -0.964. The van der Waals surface area contributed by atoms with Gasteiger partial charge in [0.15, 0.2) is 0 Å². The second-order valence-electron chi connectivity index (χ2n) is 5.50. The highest BCUT2D eigenvalue weighted by Gasteiger charge is 2.25. The normalized spacial score (nSPS) is 19.1. The lowest BCUT2D eigenvalue weighted by Gasteiger charge is -2.33. The van der Waals surface area contributed by atoms with Crippen LogP contribution < -0.4 is 5.32 Å². The number of nitrogens with zero attached hydrogens (tertiary/aromatic N) is 2. The number of carboxylic acids is 1. The van der Waals surface area contributed by atoms with Crippen LogP contribution in [0.5, 0.6) is 0 Å². The van der Waals surface area contributed by atoms with Crippen LogP contribution in [0, 0.1) is 0 Å². The van der Waals surface area contributed by atoms with Crippen molar-refractivity contribution in [3.8, 4) is 0 Å². The van der Waals surface area contributed by atoms with E-state index in [1.54, 1.807) is 6.92 Å². The number of urea groups is 1. The molecule has 1 rings (SSSR count). The van der Waals surface area contributed by atoms with E-state index < -0.39 is 12.0 Å². The maximum absolute atomic E-state index is 12.0. The molecule has 0 aliphatic carbocycles. The molecule has 2 unspecified atom stereocenters. The summed E-state index contributed by atoms with van der Waals surface area (Å²) >= 11 is 0. The fourth-order valence-electron chi connectivity index (χ4n) is 2.60. The lowest BCUT2D eigenvalue weighted by atomic mass is 10.1. The van der Waals surface area contributed by atoms with Crippen molar-refractivity contribution in [2.24, 2.45) is 0 Å². The van der Waals surface area contributed by atoms with Gasteiger partial charge in [-0.2, -0.15) is 0 Å². The van der Waals surface area contributed by atoms with E-state index in [2.05, 4.69) is 17.1 Å². The average molecular weight is 285 g/mol. The molecule has 6 heteroatoms. The second-order valence-corrected chi connectivity index (χ2v) is 5.50. The molecular formula is C14H27N3O3. The zero-order valence-electron chi connectivity index (χ0n) is 12.8. The summed E-state index contributed by atoms with van der Waals surface area (Å²) in [4.78, 5) is 26.6. The van der Waals surface area contributed by atoms with Crippen molar-refractivity contribution >= 4 is 12.0 Å². The summed E-state index contributed by atoms with van der Waals surface area (Å²) in [5.74, 6) is -0.964. The third kappa shape index (κ3) is 4.67. The Hall–Kier alpha value is -1.30. The van der Waals surface area contributed by atoms with Gasteiger partial charge in [0, 0.05) is 19.6 Å². The lowest BCUT2D eigenvalue weighted by molar-refractivity contribution is -0.141. The van der Waals surface area contributed by atoms with Gasteiger partial charge in [0.25, 0.3) is 0 Å². The van der Waals surface area contributed by atoms with E-state index in [4.69, 9.17) is 5.11 Å². The first-order valence-electron chi connectivity index (χ1n) is 7.44. The predicted octanol–water partition coefficient (Wildman–Crippen LogP) is 1.37. The summed E-state index contributed by atoms with van der Waals surface area (Å²) in [6, 6.07) is -0.791. The first-order valence-corrected chi connectivity index (χ1v) is 7.44. The lowest BCUT2D eigenvalue weighted by Crippen LogP contribution is -2.50. The average Bonchev–Trinajstić information content (AvgIpc) is 2.45. The van der Waals surface area contributed by atoms with Gasteiger partial charge in [-0.15, -0.1) is 0 Å². The maximum atomic E-state index is 12.0. The van der Waals surface area contributed by atoms with E-state index >= 15 is 0 Å². The fraction of sp³-hybridized carbons (Fsp3) is 0.857. The Labute approximate surface area is 121 Å². The van der Waals surface area contributed by atoms with Gasteiger partial charge in [0.2, 0.25) is 0 Å². The van der Waals surface area contributed by atoms with Gasteiger partial charge < -0.3 is 15.3 Å². The Kier molecular flexibility index (Phi) is 6.78. The summed E-state index contributed by atoms with van der Waals surface area (Å²) in [5, 5.41) is 11.9.